The van der Waals surface area contributed by atoms with Gasteiger partial charge < -0.3 is 15.0 Å². The second-order valence-corrected chi connectivity index (χ2v) is 6.59. The molecule has 2 aromatic rings. The molecule has 4 nitrogen and oxygen atoms in total. The van der Waals surface area contributed by atoms with Crippen LogP contribution in [-0.4, -0.2) is 37.4 Å². The first kappa shape index (κ1) is 18.2. The molecule has 0 aliphatic rings. The molecule has 1 atom stereocenters. The van der Waals surface area contributed by atoms with Gasteiger partial charge >= 0.3 is 6.03 Å². The minimum absolute atomic E-state index is 0.0667. The summed E-state index contributed by atoms with van der Waals surface area (Å²) in [6.07, 6.45) is 0. The molecule has 2 amide bonds. The Kier molecular flexibility index (Phi) is 7.00. The lowest BCUT2D eigenvalue weighted by Gasteiger charge is -2.26. The fourth-order valence-electron chi connectivity index (χ4n) is 2.36. The molecule has 0 spiro atoms. The Bertz CT molecular complexity index is 649. The molecule has 0 radical (unpaired) electrons. The molecule has 0 aliphatic carbocycles. The standard InChI is InChI=1S/C19H24N2O2S/c1-15(17-11-7-8-12-18(17)23-3)21(2)19(22)20-13-14-24-16-9-5-4-6-10-16/h4-12,15H,13-14H2,1-3H3,(H,20,22)/t15-/m1/s1. The highest BCUT2D eigenvalue weighted by atomic mass is 32.2. The quantitative estimate of drug-likeness (QED) is 0.605. The predicted molar refractivity (Wildman–Crippen MR) is 99.7 cm³/mol. The van der Waals surface area contributed by atoms with Crippen molar-refractivity contribution in [3.63, 3.8) is 0 Å². The summed E-state index contributed by atoms with van der Waals surface area (Å²) < 4.78 is 5.38. The van der Waals surface area contributed by atoms with Crippen molar-refractivity contribution >= 4 is 17.8 Å². The molecule has 128 valence electrons. The highest BCUT2D eigenvalue weighted by molar-refractivity contribution is 7.99. The summed E-state index contributed by atoms with van der Waals surface area (Å²) in [6.45, 7) is 2.62. The van der Waals surface area contributed by atoms with E-state index in [4.69, 9.17) is 4.74 Å². The van der Waals surface area contributed by atoms with Crippen molar-refractivity contribution in [2.24, 2.45) is 0 Å². The van der Waals surface area contributed by atoms with Gasteiger partial charge in [0.05, 0.1) is 13.2 Å². The fourth-order valence-corrected chi connectivity index (χ4v) is 3.15. The van der Waals surface area contributed by atoms with E-state index in [9.17, 15) is 4.79 Å². The molecule has 0 aliphatic heterocycles. The summed E-state index contributed by atoms with van der Waals surface area (Å²) in [7, 11) is 3.45. The molecule has 24 heavy (non-hydrogen) atoms. The van der Waals surface area contributed by atoms with Crippen LogP contribution in [0.15, 0.2) is 59.5 Å². The fraction of sp³-hybridized carbons (Fsp3) is 0.316. The van der Waals surface area contributed by atoms with Crippen LogP contribution in [0.2, 0.25) is 0 Å². The van der Waals surface area contributed by atoms with Gasteiger partial charge in [-0.2, -0.15) is 0 Å². The van der Waals surface area contributed by atoms with Gasteiger partial charge in [0.15, 0.2) is 0 Å². The van der Waals surface area contributed by atoms with E-state index in [1.54, 1.807) is 30.8 Å². The number of ether oxygens (including phenoxy) is 1. The van der Waals surface area contributed by atoms with Crippen molar-refractivity contribution < 1.29 is 9.53 Å². The summed E-state index contributed by atoms with van der Waals surface area (Å²) in [5.41, 5.74) is 0.997. The van der Waals surface area contributed by atoms with E-state index in [0.29, 0.717) is 6.54 Å². The van der Waals surface area contributed by atoms with E-state index in [2.05, 4.69) is 17.4 Å². The lowest BCUT2D eigenvalue weighted by atomic mass is 10.1. The lowest BCUT2D eigenvalue weighted by molar-refractivity contribution is 0.194. The molecule has 0 aromatic heterocycles. The van der Waals surface area contributed by atoms with Crippen LogP contribution < -0.4 is 10.1 Å². The normalized spacial score (nSPS) is 11.6. The largest absolute Gasteiger partial charge is 0.496 e. The monoisotopic (exact) mass is 344 g/mol. The van der Waals surface area contributed by atoms with Crippen LogP contribution in [-0.2, 0) is 0 Å². The zero-order valence-electron chi connectivity index (χ0n) is 14.4. The summed E-state index contributed by atoms with van der Waals surface area (Å²) in [4.78, 5) is 15.2. The van der Waals surface area contributed by atoms with Gasteiger partial charge in [-0.25, -0.2) is 4.79 Å². The molecule has 0 saturated carbocycles. The number of thioether (sulfide) groups is 1. The summed E-state index contributed by atoms with van der Waals surface area (Å²) in [5.74, 6) is 1.64. The third kappa shape index (κ3) is 4.93. The number of nitrogens with zero attached hydrogens (tertiary/aromatic N) is 1. The highest BCUT2D eigenvalue weighted by Crippen LogP contribution is 2.28. The molecular formula is C19H24N2O2S. The third-order valence-corrected chi connectivity index (χ3v) is 4.89. The Hall–Kier alpha value is -2.14. The Morgan fingerprint density at radius 1 is 1.17 bits per heavy atom. The number of urea groups is 1. The number of methoxy groups -OCH3 is 1. The smallest absolute Gasteiger partial charge is 0.317 e. The lowest BCUT2D eigenvalue weighted by Crippen LogP contribution is -2.39. The number of nitrogens with one attached hydrogen (secondary N) is 1. The Labute approximate surface area is 148 Å². The zero-order valence-corrected chi connectivity index (χ0v) is 15.2. The van der Waals surface area contributed by atoms with E-state index in [1.165, 1.54) is 4.90 Å². The van der Waals surface area contributed by atoms with Crippen LogP contribution in [0, 0.1) is 0 Å². The van der Waals surface area contributed by atoms with Crippen LogP contribution in [0.25, 0.3) is 0 Å². The second kappa shape index (κ2) is 9.23. The Balaban J connectivity index is 1.83. The number of amides is 2. The van der Waals surface area contributed by atoms with Crippen molar-refractivity contribution in [1.82, 2.24) is 10.2 Å². The van der Waals surface area contributed by atoms with Crippen LogP contribution in [0.3, 0.4) is 0 Å². The van der Waals surface area contributed by atoms with E-state index < -0.39 is 0 Å². The third-order valence-electron chi connectivity index (χ3n) is 3.88. The van der Waals surface area contributed by atoms with Crippen molar-refractivity contribution in [3.05, 3.63) is 60.2 Å². The predicted octanol–water partition coefficient (Wildman–Crippen LogP) is 4.19. The zero-order chi connectivity index (χ0) is 17.4. The van der Waals surface area contributed by atoms with Gasteiger partial charge in [-0.15, -0.1) is 11.8 Å². The Morgan fingerprint density at radius 2 is 1.83 bits per heavy atom. The number of para-hydroxylation sites is 1. The molecule has 1 N–H and O–H groups in total. The minimum atomic E-state index is -0.0814. The van der Waals surface area contributed by atoms with Gasteiger partial charge in [0, 0.05) is 29.8 Å². The van der Waals surface area contributed by atoms with E-state index in [0.717, 1.165) is 17.1 Å². The number of benzene rings is 2. The molecule has 0 unspecified atom stereocenters. The highest BCUT2D eigenvalue weighted by Gasteiger charge is 2.19. The van der Waals surface area contributed by atoms with Gasteiger partial charge in [0.25, 0.3) is 0 Å². The average Bonchev–Trinajstić information content (AvgIpc) is 2.64. The molecular weight excluding hydrogens is 320 g/mol. The first-order chi connectivity index (χ1) is 11.6. The number of hydrogen-bond acceptors (Lipinski definition) is 3. The molecule has 0 heterocycles. The van der Waals surface area contributed by atoms with Crippen LogP contribution in [0.5, 0.6) is 5.75 Å². The van der Waals surface area contributed by atoms with Crippen molar-refractivity contribution in [2.75, 3.05) is 26.5 Å². The van der Waals surface area contributed by atoms with Gasteiger partial charge in [-0.1, -0.05) is 36.4 Å². The van der Waals surface area contributed by atoms with Gasteiger partial charge in [-0.3, -0.25) is 0 Å². The SMILES string of the molecule is COc1ccccc1[C@@H](C)N(C)C(=O)NCCSc1ccccc1. The van der Waals surface area contributed by atoms with Crippen LogP contribution >= 0.6 is 11.8 Å². The van der Waals surface area contributed by atoms with Crippen molar-refractivity contribution in [2.45, 2.75) is 17.9 Å². The number of hydrogen-bond donors (Lipinski definition) is 1. The molecule has 2 rings (SSSR count). The second-order valence-electron chi connectivity index (χ2n) is 5.42. The van der Waals surface area contributed by atoms with Crippen LogP contribution in [0.4, 0.5) is 4.79 Å². The Morgan fingerprint density at radius 3 is 2.54 bits per heavy atom. The van der Waals surface area contributed by atoms with Crippen molar-refractivity contribution in [1.29, 1.82) is 0 Å². The first-order valence-corrected chi connectivity index (χ1v) is 8.93. The number of carbonyl (C=O) groups excluding carboxylic acids is 1. The summed E-state index contributed by atoms with van der Waals surface area (Å²) in [5, 5.41) is 2.97. The minimum Gasteiger partial charge on any atom is -0.496 e. The van der Waals surface area contributed by atoms with E-state index in [1.807, 2.05) is 49.4 Å². The molecule has 0 saturated heterocycles. The summed E-state index contributed by atoms with van der Waals surface area (Å²) in [6, 6.07) is 17.8. The van der Waals surface area contributed by atoms with E-state index >= 15 is 0 Å². The van der Waals surface area contributed by atoms with Gasteiger partial charge in [0.2, 0.25) is 0 Å². The molecule has 2 aromatic carbocycles. The number of rotatable bonds is 7. The van der Waals surface area contributed by atoms with E-state index in [-0.39, 0.29) is 12.1 Å². The maximum Gasteiger partial charge on any atom is 0.317 e. The van der Waals surface area contributed by atoms with Crippen LogP contribution in [0.1, 0.15) is 18.5 Å². The van der Waals surface area contributed by atoms with Crippen molar-refractivity contribution in [3.8, 4) is 5.75 Å². The molecule has 0 fully saturated rings. The topological polar surface area (TPSA) is 41.6 Å². The maximum atomic E-state index is 12.3. The van der Waals surface area contributed by atoms with Gasteiger partial charge in [0.1, 0.15) is 5.75 Å². The number of carbonyl (C=O) groups is 1. The molecule has 0 bridgehead atoms. The molecule has 5 heteroatoms. The van der Waals surface area contributed by atoms with Gasteiger partial charge in [-0.05, 0) is 25.1 Å². The summed E-state index contributed by atoms with van der Waals surface area (Å²) >= 11 is 1.73. The average molecular weight is 344 g/mol. The maximum absolute atomic E-state index is 12.3. The first-order valence-electron chi connectivity index (χ1n) is 7.95.